The monoisotopic (exact) mass is 410 g/mol. The van der Waals surface area contributed by atoms with Gasteiger partial charge in [0.05, 0.1) is 6.54 Å². The second-order valence-electron chi connectivity index (χ2n) is 7.53. The zero-order valence-corrected chi connectivity index (χ0v) is 18.1. The molecule has 3 amide bonds. The van der Waals surface area contributed by atoms with Crippen molar-refractivity contribution in [2.75, 3.05) is 58.6 Å². The van der Waals surface area contributed by atoms with Gasteiger partial charge in [-0.25, -0.2) is 4.79 Å². The topological polar surface area (TPSA) is 73.0 Å². The van der Waals surface area contributed by atoms with Gasteiger partial charge in [-0.1, -0.05) is 23.4 Å². The number of piperazine rings is 1. The third-order valence-electron chi connectivity index (χ3n) is 5.29. The van der Waals surface area contributed by atoms with E-state index in [1.54, 1.807) is 4.90 Å². The van der Waals surface area contributed by atoms with Crippen LogP contribution in [-0.4, -0.2) is 90.4 Å². The van der Waals surface area contributed by atoms with Gasteiger partial charge in [-0.2, -0.15) is 0 Å². The fourth-order valence-electron chi connectivity index (χ4n) is 3.46. The van der Waals surface area contributed by atoms with Crippen molar-refractivity contribution in [3.8, 4) is 0 Å². The maximum Gasteiger partial charge on any atom is 0.317 e. The molecule has 0 spiro atoms. The van der Waals surface area contributed by atoms with E-state index in [0.717, 1.165) is 32.4 Å². The summed E-state index contributed by atoms with van der Waals surface area (Å²) in [5.41, 5.74) is 1.41. The molecule has 0 aromatic heterocycles. The van der Waals surface area contributed by atoms with E-state index in [2.05, 4.69) is 16.3 Å². The summed E-state index contributed by atoms with van der Waals surface area (Å²) in [6.45, 7) is 5.84. The van der Waals surface area contributed by atoms with Crippen molar-refractivity contribution in [2.45, 2.75) is 39.0 Å². The van der Waals surface area contributed by atoms with E-state index in [-0.39, 0.29) is 23.6 Å². The van der Waals surface area contributed by atoms with Crippen LogP contribution in [0.4, 0.5) is 4.79 Å². The Hall–Kier alpha value is -1.54. The van der Waals surface area contributed by atoms with Gasteiger partial charge in [0.1, 0.15) is 0 Å². The lowest BCUT2D eigenvalue weighted by Gasteiger charge is -2.32. The number of thioether (sulfide) groups is 1. The van der Waals surface area contributed by atoms with Gasteiger partial charge in [0.25, 0.3) is 0 Å². The molecule has 0 bridgehead atoms. The molecule has 0 aromatic carbocycles. The molecule has 0 aromatic rings. The highest BCUT2D eigenvalue weighted by Gasteiger charge is 2.21. The summed E-state index contributed by atoms with van der Waals surface area (Å²) in [4.78, 5) is 41.9. The van der Waals surface area contributed by atoms with Gasteiger partial charge >= 0.3 is 6.03 Å². The average Bonchev–Trinajstić information content (AvgIpc) is 2.69. The maximum absolute atomic E-state index is 12.7. The lowest BCUT2D eigenvalue weighted by Crippen LogP contribution is -2.51. The van der Waals surface area contributed by atoms with Crippen molar-refractivity contribution in [2.24, 2.45) is 0 Å². The first-order valence-corrected chi connectivity index (χ1v) is 11.2. The fourth-order valence-corrected chi connectivity index (χ4v) is 4.05. The highest BCUT2D eigenvalue weighted by atomic mass is 32.2. The van der Waals surface area contributed by atoms with Crippen molar-refractivity contribution in [1.82, 2.24) is 20.0 Å². The first kappa shape index (κ1) is 22.7. The molecule has 1 aliphatic carbocycles. The zero-order chi connectivity index (χ0) is 20.4. The highest BCUT2D eigenvalue weighted by molar-refractivity contribution is 8.13. The molecule has 2 aliphatic rings. The number of likely N-dealkylation sites (N-methyl/N-ethyl adjacent to an activating group) is 1. The van der Waals surface area contributed by atoms with Gasteiger partial charge in [-0.3, -0.25) is 9.59 Å². The molecule has 0 unspecified atom stereocenters. The lowest BCUT2D eigenvalue weighted by atomic mass is 9.97. The molecule has 158 valence electrons. The van der Waals surface area contributed by atoms with Crippen molar-refractivity contribution < 1.29 is 14.4 Å². The third kappa shape index (κ3) is 8.22. The van der Waals surface area contributed by atoms with E-state index in [1.165, 1.54) is 37.1 Å². The number of urea groups is 1. The standard InChI is InChI=1S/C20H34N4O3S/c1-17(25)28-15-14-24(9-8-18-6-4-3-5-7-18)20(27)21-16-19(26)23-12-10-22(2)11-13-23/h6H,3-5,7-16H2,1-2H3,(H,21,27). The van der Waals surface area contributed by atoms with Crippen LogP contribution in [0.3, 0.4) is 0 Å². The van der Waals surface area contributed by atoms with Crippen LogP contribution in [0.15, 0.2) is 11.6 Å². The van der Waals surface area contributed by atoms with Crippen LogP contribution in [-0.2, 0) is 9.59 Å². The number of rotatable bonds is 8. The normalized spacial score (nSPS) is 17.8. The molecule has 0 atom stereocenters. The number of hydrogen-bond donors (Lipinski definition) is 1. The zero-order valence-electron chi connectivity index (χ0n) is 17.2. The minimum absolute atomic E-state index is 0.0294. The molecule has 8 heteroatoms. The first-order valence-electron chi connectivity index (χ1n) is 10.3. The molecule has 7 nitrogen and oxygen atoms in total. The Morgan fingerprint density at radius 3 is 2.54 bits per heavy atom. The molecular formula is C20H34N4O3S. The number of allylic oxidation sites excluding steroid dienone is 1. The Kier molecular flexibility index (Phi) is 9.84. The van der Waals surface area contributed by atoms with Gasteiger partial charge < -0.3 is 20.0 Å². The second kappa shape index (κ2) is 12.1. The Morgan fingerprint density at radius 2 is 1.89 bits per heavy atom. The van der Waals surface area contributed by atoms with Crippen LogP contribution in [0.5, 0.6) is 0 Å². The smallest absolute Gasteiger partial charge is 0.317 e. The van der Waals surface area contributed by atoms with Gasteiger partial charge in [0.2, 0.25) is 5.91 Å². The molecular weight excluding hydrogens is 376 g/mol. The van der Waals surface area contributed by atoms with Crippen LogP contribution < -0.4 is 5.32 Å². The number of nitrogens with zero attached hydrogens (tertiary/aromatic N) is 3. The fraction of sp³-hybridized carbons (Fsp3) is 0.750. The van der Waals surface area contributed by atoms with Crippen molar-refractivity contribution >= 4 is 28.8 Å². The van der Waals surface area contributed by atoms with E-state index >= 15 is 0 Å². The van der Waals surface area contributed by atoms with Crippen LogP contribution >= 0.6 is 11.8 Å². The van der Waals surface area contributed by atoms with E-state index in [4.69, 9.17) is 0 Å². The molecule has 0 radical (unpaired) electrons. The highest BCUT2D eigenvalue weighted by Crippen LogP contribution is 2.20. The predicted octanol–water partition coefficient (Wildman–Crippen LogP) is 1.94. The van der Waals surface area contributed by atoms with Crippen LogP contribution in [0.2, 0.25) is 0 Å². The number of amides is 3. The molecule has 28 heavy (non-hydrogen) atoms. The Morgan fingerprint density at radius 1 is 1.14 bits per heavy atom. The largest absolute Gasteiger partial charge is 0.339 e. The van der Waals surface area contributed by atoms with Crippen LogP contribution in [0.1, 0.15) is 39.0 Å². The van der Waals surface area contributed by atoms with E-state index < -0.39 is 0 Å². The Bertz CT molecular complexity index is 574. The minimum Gasteiger partial charge on any atom is -0.339 e. The summed E-state index contributed by atoms with van der Waals surface area (Å²) in [6.07, 6.45) is 7.86. The van der Waals surface area contributed by atoms with Crippen molar-refractivity contribution in [3.05, 3.63) is 11.6 Å². The Labute approximate surface area is 172 Å². The molecule has 1 aliphatic heterocycles. The second-order valence-corrected chi connectivity index (χ2v) is 8.80. The third-order valence-corrected chi connectivity index (χ3v) is 6.08. The molecule has 2 rings (SSSR count). The summed E-state index contributed by atoms with van der Waals surface area (Å²) in [5, 5.41) is 2.84. The quantitative estimate of drug-likeness (QED) is 0.619. The van der Waals surface area contributed by atoms with Crippen LogP contribution in [0.25, 0.3) is 0 Å². The van der Waals surface area contributed by atoms with E-state index in [9.17, 15) is 14.4 Å². The molecule has 0 saturated carbocycles. The SMILES string of the molecule is CC(=O)SCCN(CCC1=CCCCC1)C(=O)NCC(=O)N1CCN(C)CC1. The van der Waals surface area contributed by atoms with E-state index in [0.29, 0.717) is 31.9 Å². The summed E-state index contributed by atoms with van der Waals surface area (Å²) >= 11 is 1.23. The summed E-state index contributed by atoms with van der Waals surface area (Å²) in [7, 11) is 2.04. The molecule has 1 heterocycles. The maximum atomic E-state index is 12.7. The summed E-state index contributed by atoms with van der Waals surface area (Å²) < 4.78 is 0. The van der Waals surface area contributed by atoms with Gasteiger partial charge in [0, 0.05) is 51.9 Å². The summed E-state index contributed by atoms with van der Waals surface area (Å²) in [6, 6.07) is -0.219. The number of carbonyl (C=O) groups is 3. The predicted molar refractivity (Wildman–Crippen MR) is 113 cm³/mol. The van der Waals surface area contributed by atoms with Crippen molar-refractivity contribution in [1.29, 1.82) is 0 Å². The van der Waals surface area contributed by atoms with Gasteiger partial charge in [0.15, 0.2) is 5.12 Å². The molecule has 1 fully saturated rings. The number of carbonyl (C=O) groups excluding carboxylic acids is 3. The lowest BCUT2D eigenvalue weighted by molar-refractivity contribution is -0.131. The van der Waals surface area contributed by atoms with Gasteiger partial charge in [-0.05, 0) is 39.2 Å². The van der Waals surface area contributed by atoms with Crippen molar-refractivity contribution in [3.63, 3.8) is 0 Å². The molecule has 1 saturated heterocycles. The number of hydrogen-bond acceptors (Lipinski definition) is 5. The first-order chi connectivity index (χ1) is 13.5. The summed E-state index contributed by atoms with van der Waals surface area (Å²) in [5.74, 6) is 0.545. The molecule has 1 N–H and O–H groups in total. The van der Waals surface area contributed by atoms with E-state index in [1.807, 2.05) is 11.9 Å². The minimum atomic E-state index is -0.219. The number of nitrogens with one attached hydrogen (secondary N) is 1. The van der Waals surface area contributed by atoms with Crippen LogP contribution in [0, 0.1) is 0 Å². The average molecular weight is 411 g/mol. The Balaban J connectivity index is 1.81. The van der Waals surface area contributed by atoms with Gasteiger partial charge in [-0.15, -0.1) is 0 Å².